The zero-order valence-corrected chi connectivity index (χ0v) is 10.0. The van der Waals surface area contributed by atoms with E-state index in [4.69, 9.17) is 14.6 Å². The van der Waals surface area contributed by atoms with Crippen LogP contribution in [0.1, 0.15) is 24.2 Å². The van der Waals surface area contributed by atoms with E-state index in [0.29, 0.717) is 5.56 Å². The van der Waals surface area contributed by atoms with E-state index in [9.17, 15) is 9.59 Å². The lowest BCUT2D eigenvalue weighted by molar-refractivity contribution is 0.0679. The highest BCUT2D eigenvalue weighted by molar-refractivity contribution is 6.07. The van der Waals surface area contributed by atoms with E-state index in [1.807, 2.05) is 0 Å². The van der Waals surface area contributed by atoms with Crippen LogP contribution in [0.3, 0.4) is 0 Å². The van der Waals surface area contributed by atoms with Gasteiger partial charge in [0.1, 0.15) is 6.73 Å². The Hall–Kier alpha value is -2.08. The number of carbonyl (C=O) groups is 2. The summed E-state index contributed by atoms with van der Waals surface area (Å²) < 4.78 is 10.5. The maximum atomic E-state index is 12.0. The molecule has 0 aromatic heterocycles. The van der Waals surface area contributed by atoms with Crippen LogP contribution >= 0.6 is 0 Å². The van der Waals surface area contributed by atoms with E-state index < -0.39 is 18.4 Å². The molecule has 0 saturated carbocycles. The lowest BCUT2D eigenvalue weighted by Crippen LogP contribution is -2.32. The Morgan fingerprint density at radius 2 is 2.22 bits per heavy atom. The van der Waals surface area contributed by atoms with Gasteiger partial charge in [-0.1, -0.05) is 6.07 Å². The molecule has 0 fully saturated rings. The van der Waals surface area contributed by atoms with Gasteiger partial charge in [0.15, 0.2) is 17.1 Å². The highest BCUT2D eigenvalue weighted by atomic mass is 16.6. The second-order valence-corrected chi connectivity index (χ2v) is 4.30. The van der Waals surface area contributed by atoms with E-state index in [1.165, 1.54) is 6.07 Å². The molecule has 0 radical (unpaired) electrons. The number of hydrogen-bond donors (Lipinski definition) is 2. The van der Waals surface area contributed by atoms with Crippen LogP contribution in [0.15, 0.2) is 18.2 Å². The molecule has 0 aliphatic carbocycles. The molecule has 1 amide bonds. The number of nitrogens with one attached hydrogen (secondary N) is 1. The second kappa shape index (κ2) is 4.30. The fourth-order valence-electron chi connectivity index (χ4n) is 1.71. The molecule has 1 aliphatic rings. The zero-order valence-electron chi connectivity index (χ0n) is 10.0. The highest BCUT2D eigenvalue weighted by Gasteiger charge is 2.41. The Labute approximate surface area is 104 Å². The Bertz CT molecular complexity index is 509. The summed E-state index contributed by atoms with van der Waals surface area (Å²) in [5.41, 5.74) is -0.579. The zero-order chi connectivity index (χ0) is 13.3. The number of rotatable bonds is 2. The fraction of sp³-hybridized carbons (Fsp3) is 0.333. The number of aliphatic hydroxyl groups excluding tert-OH is 1. The molecule has 2 rings (SSSR count). The SMILES string of the molecule is CC1(C)Oc2c(OC(=O)NCO)cccc2C1=O. The number of benzene rings is 1. The summed E-state index contributed by atoms with van der Waals surface area (Å²) in [5, 5.41) is 10.6. The minimum atomic E-state index is -0.963. The molecule has 2 N–H and O–H groups in total. The van der Waals surface area contributed by atoms with Crippen LogP contribution in [0.2, 0.25) is 0 Å². The minimum Gasteiger partial charge on any atom is -0.475 e. The van der Waals surface area contributed by atoms with Crippen molar-refractivity contribution >= 4 is 11.9 Å². The standard InChI is InChI=1S/C12H13NO5/c1-12(2)10(15)7-4-3-5-8(9(7)18-12)17-11(16)13-6-14/h3-5,14H,6H2,1-2H3,(H,13,16). The summed E-state index contributed by atoms with van der Waals surface area (Å²) in [6.45, 7) is 2.76. The summed E-state index contributed by atoms with van der Waals surface area (Å²) in [6.07, 6.45) is -0.813. The number of ether oxygens (including phenoxy) is 2. The third-order valence-electron chi connectivity index (χ3n) is 2.55. The van der Waals surface area contributed by atoms with Gasteiger partial charge < -0.3 is 14.6 Å². The highest BCUT2D eigenvalue weighted by Crippen LogP contribution is 2.41. The van der Waals surface area contributed by atoms with E-state index in [2.05, 4.69) is 5.32 Å². The Morgan fingerprint density at radius 1 is 1.50 bits per heavy atom. The summed E-state index contributed by atoms with van der Waals surface area (Å²) in [4.78, 5) is 23.2. The van der Waals surface area contributed by atoms with Crippen molar-refractivity contribution < 1.29 is 24.2 Å². The summed E-state index contributed by atoms with van der Waals surface area (Å²) in [5.74, 6) is 0.239. The molecule has 0 spiro atoms. The van der Waals surface area contributed by atoms with Crippen LogP contribution in [-0.4, -0.2) is 29.3 Å². The monoisotopic (exact) mass is 251 g/mol. The number of Topliss-reactive ketones (excluding diaryl/α,β-unsaturated/α-hetero) is 1. The Balaban J connectivity index is 2.32. The van der Waals surface area contributed by atoms with Crippen LogP contribution < -0.4 is 14.8 Å². The van der Waals surface area contributed by atoms with Crippen molar-refractivity contribution in [3.63, 3.8) is 0 Å². The summed E-state index contributed by atoms with van der Waals surface area (Å²) in [7, 11) is 0. The second-order valence-electron chi connectivity index (χ2n) is 4.30. The maximum absolute atomic E-state index is 12.0. The normalized spacial score (nSPS) is 15.8. The number of ketones is 1. The molecule has 1 aromatic carbocycles. The molecule has 1 heterocycles. The Morgan fingerprint density at radius 3 is 2.89 bits per heavy atom. The number of fused-ring (bicyclic) bond motifs is 1. The first kappa shape index (κ1) is 12.4. The first-order valence-corrected chi connectivity index (χ1v) is 5.39. The van der Waals surface area contributed by atoms with E-state index in [0.717, 1.165) is 0 Å². The van der Waals surface area contributed by atoms with Crippen molar-refractivity contribution in [2.45, 2.75) is 19.4 Å². The summed E-state index contributed by atoms with van der Waals surface area (Å²) >= 11 is 0. The first-order valence-electron chi connectivity index (χ1n) is 5.39. The smallest absolute Gasteiger partial charge is 0.414 e. The van der Waals surface area contributed by atoms with Crippen molar-refractivity contribution in [3.05, 3.63) is 23.8 Å². The number of hydrogen-bond acceptors (Lipinski definition) is 5. The van der Waals surface area contributed by atoms with Gasteiger partial charge in [-0.3, -0.25) is 10.1 Å². The Kier molecular flexibility index (Phi) is 2.96. The molecular weight excluding hydrogens is 238 g/mol. The van der Waals surface area contributed by atoms with Crippen molar-refractivity contribution in [2.24, 2.45) is 0 Å². The fourth-order valence-corrected chi connectivity index (χ4v) is 1.71. The van der Waals surface area contributed by atoms with Crippen molar-refractivity contribution in [2.75, 3.05) is 6.73 Å². The van der Waals surface area contributed by atoms with Crippen LogP contribution in [0, 0.1) is 0 Å². The predicted octanol–water partition coefficient (Wildman–Crippen LogP) is 1.08. The lowest BCUT2D eigenvalue weighted by atomic mass is 10.00. The molecule has 6 nitrogen and oxygen atoms in total. The minimum absolute atomic E-state index is 0.150. The number of aliphatic hydroxyl groups is 1. The molecule has 96 valence electrons. The van der Waals surface area contributed by atoms with Crippen LogP contribution in [0.25, 0.3) is 0 Å². The van der Waals surface area contributed by atoms with Crippen molar-refractivity contribution in [3.8, 4) is 11.5 Å². The van der Waals surface area contributed by atoms with Gasteiger partial charge in [0.05, 0.1) is 5.56 Å². The van der Waals surface area contributed by atoms with Crippen LogP contribution in [-0.2, 0) is 0 Å². The average Bonchev–Trinajstić information content (AvgIpc) is 2.53. The molecule has 0 atom stereocenters. The van der Waals surface area contributed by atoms with Crippen molar-refractivity contribution in [1.29, 1.82) is 0 Å². The van der Waals surface area contributed by atoms with E-state index >= 15 is 0 Å². The summed E-state index contributed by atoms with van der Waals surface area (Å²) in [6, 6.07) is 4.73. The molecule has 0 unspecified atom stereocenters. The van der Waals surface area contributed by atoms with Crippen molar-refractivity contribution in [1.82, 2.24) is 5.32 Å². The van der Waals surface area contributed by atoms with E-state index in [1.54, 1.807) is 26.0 Å². The first-order chi connectivity index (χ1) is 8.45. The molecule has 0 saturated heterocycles. The number of para-hydroxylation sites is 1. The molecule has 1 aliphatic heterocycles. The van der Waals surface area contributed by atoms with Gasteiger partial charge >= 0.3 is 6.09 Å². The van der Waals surface area contributed by atoms with Gasteiger partial charge in [0.25, 0.3) is 0 Å². The van der Waals surface area contributed by atoms with E-state index in [-0.39, 0.29) is 17.3 Å². The largest absolute Gasteiger partial charge is 0.475 e. The molecular formula is C12H13NO5. The number of carbonyl (C=O) groups excluding carboxylic acids is 2. The van der Waals surface area contributed by atoms with Gasteiger partial charge in [0, 0.05) is 0 Å². The average molecular weight is 251 g/mol. The third kappa shape index (κ3) is 2.02. The maximum Gasteiger partial charge on any atom is 0.414 e. The lowest BCUT2D eigenvalue weighted by Gasteiger charge is -2.16. The molecule has 0 bridgehead atoms. The molecule has 18 heavy (non-hydrogen) atoms. The predicted molar refractivity (Wildman–Crippen MR) is 61.7 cm³/mol. The van der Waals surface area contributed by atoms with Gasteiger partial charge in [0.2, 0.25) is 5.78 Å². The molecule has 6 heteroatoms. The topological polar surface area (TPSA) is 84.9 Å². The molecule has 1 aromatic rings. The van der Waals surface area contributed by atoms with Gasteiger partial charge in [-0.05, 0) is 26.0 Å². The third-order valence-corrected chi connectivity index (χ3v) is 2.55. The quantitative estimate of drug-likeness (QED) is 0.768. The van der Waals surface area contributed by atoms with Crippen LogP contribution in [0.4, 0.5) is 4.79 Å². The van der Waals surface area contributed by atoms with Crippen LogP contribution in [0.5, 0.6) is 11.5 Å². The van der Waals surface area contributed by atoms with Gasteiger partial charge in [-0.15, -0.1) is 0 Å². The number of amides is 1. The van der Waals surface area contributed by atoms with Gasteiger partial charge in [-0.25, -0.2) is 4.79 Å². The van der Waals surface area contributed by atoms with Gasteiger partial charge in [-0.2, -0.15) is 0 Å².